The SMILES string of the molecule is C=CN(C(C)=O)C(Cc1cccc2ccccc12)C(=O)O. The molecule has 108 valence electrons. The number of carboxylic acid groups (broad SMARTS) is 1. The second kappa shape index (κ2) is 6.22. The van der Waals surface area contributed by atoms with E-state index in [9.17, 15) is 14.7 Å². The Balaban J connectivity index is 2.42. The van der Waals surface area contributed by atoms with E-state index in [1.807, 2.05) is 42.5 Å². The lowest BCUT2D eigenvalue weighted by Gasteiger charge is -2.24. The van der Waals surface area contributed by atoms with Gasteiger partial charge < -0.3 is 10.0 Å². The molecule has 1 unspecified atom stereocenters. The molecule has 0 aliphatic rings. The van der Waals surface area contributed by atoms with Crippen molar-refractivity contribution in [2.45, 2.75) is 19.4 Å². The van der Waals surface area contributed by atoms with Crippen LogP contribution >= 0.6 is 0 Å². The average molecular weight is 283 g/mol. The minimum Gasteiger partial charge on any atom is -0.480 e. The fourth-order valence-electron chi connectivity index (χ4n) is 2.46. The van der Waals surface area contributed by atoms with Crippen molar-refractivity contribution in [3.8, 4) is 0 Å². The molecule has 4 nitrogen and oxygen atoms in total. The van der Waals surface area contributed by atoms with Crippen LogP contribution in [0.2, 0.25) is 0 Å². The molecule has 0 bridgehead atoms. The number of rotatable bonds is 5. The van der Waals surface area contributed by atoms with Gasteiger partial charge in [-0.05, 0) is 16.3 Å². The molecule has 0 heterocycles. The molecule has 2 rings (SSSR count). The normalized spacial score (nSPS) is 11.9. The molecule has 0 spiro atoms. The second-order valence-electron chi connectivity index (χ2n) is 4.81. The minimum atomic E-state index is -1.04. The number of aliphatic carboxylic acids is 1. The third kappa shape index (κ3) is 3.11. The molecule has 21 heavy (non-hydrogen) atoms. The molecule has 0 aliphatic carbocycles. The van der Waals surface area contributed by atoms with E-state index in [-0.39, 0.29) is 12.3 Å². The highest BCUT2D eigenvalue weighted by molar-refractivity contribution is 5.87. The molecule has 0 radical (unpaired) electrons. The van der Waals surface area contributed by atoms with E-state index in [1.165, 1.54) is 13.1 Å². The summed E-state index contributed by atoms with van der Waals surface area (Å²) in [6.07, 6.45) is 1.51. The van der Waals surface area contributed by atoms with E-state index in [0.717, 1.165) is 21.2 Å². The maximum absolute atomic E-state index is 11.6. The number of benzene rings is 2. The van der Waals surface area contributed by atoms with Crippen molar-refractivity contribution in [1.82, 2.24) is 4.90 Å². The van der Waals surface area contributed by atoms with E-state index in [4.69, 9.17) is 0 Å². The maximum atomic E-state index is 11.6. The number of hydrogen-bond acceptors (Lipinski definition) is 2. The summed E-state index contributed by atoms with van der Waals surface area (Å²) in [5.74, 6) is -1.38. The number of carbonyl (C=O) groups excluding carboxylic acids is 1. The van der Waals surface area contributed by atoms with Gasteiger partial charge in [-0.25, -0.2) is 4.79 Å². The summed E-state index contributed by atoms with van der Waals surface area (Å²) >= 11 is 0. The molecular formula is C17H17NO3. The first-order valence-electron chi connectivity index (χ1n) is 6.65. The monoisotopic (exact) mass is 283 g/mol. The number of carboxylic acids is 1. The summed E-state index contributed by atoms with van der Waals surface area (Å²) in [5, 5.41) is 11.5. The molecule has 1 amide bonds. The van der Waals surface area contributed by atoms with Crippen molar-refractivity contribution in [3.63, 3.8) is 0 Å². The van der Waals surface area contributed by atoms with Gasteiger partial charge in [-0.15, -0.1) is 0 Å². The number of nitrogens with zero attached hydrogens (tertiary/aromatic N) is 1. The maximum Gasteiger partial charge on any atom is 0.327 e. The van der Waals surface area contributed by atoms with Gasteiger partial charge in [-0.3, -0.25) is 4.79 Å². The fraction of sp³-hybridized carbons (Fsp3) is 0.176. The van der Waals surface area contributed by atoms with Crippen LogP contribution in [0.25, 0.3) is 10.8 Å². The summed E-state index contributed by atoms with van der Waals surface area (Å²) in [7, 11) is 0. The van der Waals surface area contributed by atoms with Gasteiger partial charge in [0.25, 0.3) is 0 Å². The summed E-state index contributed by atoms with van der Waals surface area (Å²) in [6.45, 7) is 4.87. The standard InChI is InChI=1S/C17H17NO3/c1-3-18(12(2)19)16(17(20)21)11-14-9-6-8-13-7-4-5-10-15(13)14/h3-10,16H,1,11H2,2H3,(H,20,21). The van der Waals surface area contributed by atoms with E-state index in [2.05, 4.69) is 6.58 Å². The molecule has 0 fully saturated rings. The molecule has 0 aliphatic heterocycles. The van der Waals surface area contributed by atoms with Crippen molar-refractivity contribution in [3.05, 3.63) is 60.8 Å². The van der Waals surface area contributed by atoms with Gasteiger partial charge in [0, 0.05) is 19.5 Å². The lowest BCUT2D eigenvalue weighted by Crippen LogP contribution is -2.42. The van der Waals surface area contributed by atoms with Crippen molar-refractivity contribution in [2.75, 3.05) is 0 Å². The van der Waals surface area contributed by atoms with Gasteiger partial charge >= 0.3 is 5.97 Å². The van der Waals surface area contributed by atoms with Crippen LogP contribution in [0.1, 0.15) is 12.5 Å². The molecule has 1 atom stereocenters. The summed E-state index contributed by atoms with van der Waals surface area (Å²) in [6, 6.07) is 12.6. The highest BCUT2D eigenvalue weighted by Gasteiger charge is 2.26. The molecule has 0 saturated carbocycles. The zero-order chi connectivity index (χ0) is 15.4. The zero-order valence-corrected chi connectivity index (χ0v) is 11.8. The molecule has 2 aromatic rings. The number of fused-ring (bicyclic) bond motifs is 1. The number of carbonyl (C=O) groups is 2. The van der Waals surface area contributed by atoms with Crippen LogP contribution in [0.3, 0.4) is 0 Å². The second-order valence-corrected chi connectivity index (χ2v) is 4.81. The molecule has 1 N–H and O–H groups in total. The van der Waals surface area contributed by atoms with Gasteiger partial charge in [0.05, 0.1) is 0 Å². The van der Waals surface area contributed by atoms with Crippen LogP contribution in [0.15, 0.2) is 55.2 Å². The Hall–Kier alpha value is -2.62. The predicted octanol–water partition coefficient (Wildman–Crippen LogP) is 2.83. The van der Waals surface area contributed by atoms with Crippen LogP contribution < -0.4 is 0 Å². The average Bonchev–Trinajstić information content (AvgIpc) is 2.46. The van der Waals surface area contributed by atoms with Crippen LogP contribution in [0.5, 0.6) is 0 Å². The third-order valence-electron chi connectivity index (χ3n) is 3.47. The highest BCUT2D eigenvalue weighted by atomic mass is 16.4. The lowest BCUT2D eigenvalue weighted by molar-refractivity contribution is -0.147. The van der Waals surface area contributed by atoms with Crippen LogP contribution in [-0.2, 0) is 16.0 Å². The number of hydrogen-bond donors (Lipinski definition) is 1. The number of amides is 1. The largest absolute Gasteiger partial charge is 0.480 e. The van der Waals surface area contributed by atoms with Crippen molar-refractivity contribution in [1.29, 1.82) is 0 Å². The Labute approximate surface area is 123 Å². The van der Waals surface area contributed by atoms with Gasteiger partial charge in [0.15, 0.2) is 0 Å². The first-order valence-corrected chi connectivity index (χ1v) is 6.65. The minimum absolute atomic E-state index is 0.238. The summed E-state index contributed by atoms with van der Waals surface area (Å²) in [4.78, 5) is 24.2. The van der Waals surface area contributed by atoms with Gasteiger partial charge in [-0.2, -0.15) is 0 Å². The Bertz CT molecular complexity index is 688. The van der Waals surface area contributed by atoms with Crippen molar-refractivity contribution < 1.29 is 14.7 Å². The Morgan fingerprint density at radius 1 is 1.24 bits per heavy atom. The first kappa shape index (κ1) is 14.8. The first-order chi connectivity index (χ1) is 10.0. The van der Waals surface area contributed by atoms with E-state index < -0.39 is 12.0 Å². The zero-order valence-electron chi connectivity index (χ0n) is 11.8. The summed E-state index contributed by atoms with van der Waals surface area (Å²) < 4.78 is 0. The van der Waals surface area contributed by atoms with Gasteiger partial charge in [0.2, 0.25) is 5.91 Å². The molecule has 4 heteroatoms. The van der Waals surface area contributed by atoms with Crippen LogP contribution in [0, 0.1) is 0 Å². The Kier molecular flexibility index (Phi) is 4.38. The van der Waals surface area contributed by atoms with E-state index >= 15 is 0 Å². The van der Waals surface area contributed by atoms with Crippen molar-refractivity contribution >= 4 is 22.6 Å². The third-order valence-corrected chi connectivity index (χ3v) is 3.47. The quantitative estimate of drug-likeness (QED) is 0.918. The van der Waals surface area contributed by atoms with Crippen LogP contribution in [-0.4, -0.2) is 27.9 Å². The van der Waals surface area contributed by atoms with E-state index in [1.54, 1.807) is 0 Å². The highest BCUT2D eigenvalue weighted by Crippen LogP contribution is 2.21. The fourth-order valence-corrected chi connectivity index (χ4v) is 2.46. The predicted molar refractivity (Wildman–Crippen MR) is 81.8 cm³/mol. The Morgan fingerprint density at radius 2 is 1.90 bits per heavy atom. The molecule has 0 aromatic heterocycles. The summed E-state index contributed by atoms with van der Waals surface area (Å²) in [5.41, 5.74) is 0.897. The van der Waals surface area contributed by atoms with Crippen molar-refractivity contribution in [2.24, 2.45) is 0 Å². The van der Waals surface area contributed by atoms with E-state index in [0.29, 0.717) is 0 Å². The molecule has 2 aromatic carbocycles. The molecule has 0 saturated heterocycles. The lowest BCUT2D eigenvalue weighted by atomic mass is 9.98. The smallest absolute Gasteiger partial charge is 0.327 e. The Morgan fingerprint density at radius 3 is 2.52 bits per heavy atom. The topological polar surface area (TPSA) is 57.6 Å². The molecular weight excluding hydrogens is 266 g/mol. The van der Waals surface area contributed by atoms with Gasteiger partial charge in [-0.1, -0.05) is 49.0 Å². The van der Waals surface area contributed by atoms with Crippen LogP contribution in [0.4, 0.5) is 0 Å². The van der Waals surface area contributed by atoms with Gasteiger partial charge in [0.1, 0.15) is 6.04 Å².